The summed E-state index contributed by atoms with van der Waals surface area (Å²) < 4.78 is 4.88. The molecule has 0 radical (unpaired) electrons. The van der Waals surface area contributed by atoms with E-state index < -0.39 is 0 Å². The Balaban J connectivity index is 2.73. The van der Waals surface area contributed by atoms with Crippen LogP contribution < -0.4 is 0 Å². The zero-order chi connectivity index (χ0) is 11.6. The second-order valence-corrected chi connectivity index (χ2v) is 4.48. The second kappa shape index (κ2) is 4.97. The predicted molar refractivity (Wildman–Crippen MR) is 60.5 cm³/mol. The molecular formula is C12H23NO2. The maximum Gasteiger partial charge on any atom is 0.310 e. The molecule has 0 aromatic heterocycles. The average molecular weight is 213 g/mol. The molecule has 1 aliphatic rings. The molecule has 0 aliphatic heterocycles. The van der Waals surface area contributed by atoms with E-state index in [1.807, 2.05) is 0 Å². The number of carbonyl (C=O) groups excluding carboxylic acids is 1. The lowest BCUT2D eigenvalue weighted by molar-refractivity contribution is -0.163. The number of methoxy groups -OCH3 is 1. The van der Waals surface area contributed by atoms with Gasteiger partial charge in [0, 0.05) is 6.04 Å². The summed E-state index contributed by atoms with van der Waals surface area (Å²) in [6.45, 7) is 10.7. The molecular weight excluding hydrogens is 190 g/mol. The fourth-order valence-electron chi connectivity index (χ4n) is 2.83. The number of rotatable bonds is 4. The van der Waals surface area contributed by atoms with Gasteiger partial charge in [0.05, 0.1) is 13.0 Å². The Kier molecular flexibility index (Phi) is 4.14. The molecule has 88 valence electrons. The van der Waals surface area contributed by atoms with Gasteiger partial charge in [-0.1, -0.05) is 27.7 Å². The molecule has 0 aromatic rings. The molecule has 15 heavy (non-hydrogen) atoms. The summed E-state index contributed by atoms with van der Waals surface area (Å²) in [5.74, 6) is 1.07. The third kappa shape index (κ3) is 2.03. The molecule has 0 N–H and O–H groups in total. The summed E-state index contributed by atoms with van der Waals surface area (Å²) in [7, 11) is 1.48. The third-order valence-electron chi connectivity index (χ3n) is 4.01. The van der Waals surface area contributed by atoms with Crippen LogP contribution in [-0.4, -0.2) is 37.1 Å². The number of hydrogen-bond donors (Lipinski definition) is 0. The smallest absolute Gasteiger partial charge is 0.310 e. The Morgan fingerprint density at radius 2 is 1.73 bits per heavy atom. The highest BCUT2D eigenvalue weighted by Crippen LogP contribution is 2.43. The topological polar surface area (TPSA) is 29.5 Å². The quantitative estimate of drug-likeness (QED) is 0.667. The van der Waals surface area contributed by atoms with Crippen LogP contribution in [0.4, 0.5) is 0 Å². The molecule has 4 atom stereocenters. The van der Waals surface area contributed by atoms with Crippen molar-refractivity contribution in [2.45, 2.75) is 33.7 Å². The van der Waals surface area contributed by atoms with Crippen molar-refractivity contribution >= 4 is 5.97 Å². The van der Waals surface area contributed by atoms with Crippen LogP contribution in [0.3, 0.4) is 0 Å². The van der Waals surface area contributed by atoms with E-state index in [2.05, 4.69) is 32.6 Å². The molecule has 1 fully saturated rings. The van der Waals surface area contributed by atoms with E-state index in [0.717, 1.165) is 13.1 Å². The molecule has 1 saturated carbocycles. The Labute approximate surface area is 92.8 Å². The van der Waals surface area contributed by atoms with E-state index in [1.54, 1.807) is 0 Å². The van der Waals surface area contributed by atoms with E-state index >= 15 is 0 Å². The van der Waals surface area contributed by atoms with Crippen molar-refractivity contribution in [3.05, 3.63) is 0 Å². The Hall–Kier alpha value is -0.570. The van der Waals surface area contributed by atoms with Crippen LogP contribution in [0.25, 0.3) is 0 Å². The van der Waals surface area contributed by atoms with Crippen LogP contribution >= 0.6 is 0 Å². The van der Waals surface area contributed by atoms with E-state index in [4.69, 9.17) is 4.74 Å². The molecule has 0 spiro atoms. The zero-order valence-electron chi connectivity index (χ0n) is 10.5. The summed E-state index contributed by atoms with van der Waals surface area (Å²) in [6, 6.07) is 0.377. The highest BCUT2D eigenvalue weighted by Gasteiger charge is 2.51. The monoisotopic (exact) mass is 213 g/mol. The number of ether oxygens (including phenoxy) is 1. The number of esters is 1. The van der Waals surface area contributed by atoms with Crippen molar-refractivity contribution < 1.29 is 9.53 Å². The number of carbonyl (C=O) groups is 1. The van der Waals surface area contributed by atoms with Gasteiger partial charge in [0.1, 0.15) is 0 Å². The van der Waals surface area contributed by atoms with Gasteiger partial charge in [0.15, 0.2) is 0 Å². The van der Waals surface area contributed by atoms with Crippen LogP contribution in [-0.2, 0) is 9.53 Å². The first-order valence-electron chi connectivity index (χ1n) is 5.90. The number of nitrogens with zero attached hydrogens (tertiary/aromatic N) is 1. The standard InChI is InChI=1S/C12H23NO2/c1-6-13(7-2)11-9(4)8(3)10(11)12(14)15-5/h8-11H,6-7H2,1-5H3. The normalized spacial score (nSPS) is 35.1. The summed E-state index contributed by atoms with van der Waals surface area (Å²) in [4.78, 5) is 14.0. The van der Waals surface area contributed by atoms with Crippen LogP contribution in [0.5, 0.6) is 0 Å². The minimum atomic E-state index is -0.0440. The molecule has 0 saturated heterocycles. The minimum absolute atomic E-state index is 0.0440. The van der Waals surface area contributed by atoms with Gasteiger partial charge in [0.25, 0.3) is 0 Å². The lowest BCUT2D eigenvalue weighted by Crippen LogP contribution is -2.60. The van der Waals surface area contributed by atoms with Crippen LogP contribution in [0.1, 0.15) is 27.7 Å². The highest BCUT2D eigenvalue weighted by atomic mass is 16.5. The first-order chi connectivity index (χ1) is 7.08. The van der Waals surface area contributed by atoms with E-state index in [-0.39, 0.29) is 11.9 Å². The first-order valence-corrected chi connectivity index (χ1v) is 5.90. The maximum atomic E-state index is 11.6. The van der Waals surface area contributed by atoms with Crippen LogP contribution in [0.15, 0.2) is 0 Å². The van der Waals surface area contributed by atoms with Gasteiger partial charge < -0.3 is 4.74 Å². The molecule has 0 amide bonds. The van der Waals surface area contributed by atoms with Gasteiger partial charge in [-0.25, -0.2) is 0 Å². The highest BCUT2D eigenvalue weighted by molar-refractivity contribution is 5.75. The minimum Gasteiger partial charge on any atom is -0.469 e. The largest absolute Gasteiger partial charge is 0.469 e. The van der Waals surface area contributed by atoms with Crippen molar-refractivity contribution in [2.75, 3.05) is 20.2 Å². The zero-order valence-corrected chi connectivity index (χ0v) is 10.5. The second-order valence-electron chi connectivity index (χ2n) is 4.48. The molecule has 0 heterocycles. The molecule has 3 heteroatoms. The summed E-state index contributed by atoms with van der Waals surface area (Å²) >= 11 is 0. The fourth-order valence-corrected chi connectivity index (χ4v) is 2.83. The summed E-state index contributed by atoms with van der Waals surface area (Å²) in [5, 5.41) is 0. The Morgan fingerprint density at radius 1 is 1.20 bits per heavy atom. The molecule has 1 aliphatic carbocycles. The van der Waals surface area contributed by atoms with Crippen molar-refractivity contribution in [3.8, 4) is 0 Å². The molecule has 1 rings (SSSR count). The van der Waals surface area contributed by atoms with Gasteiger partial charge in [-0.2, -0.15) is 0 Å². The van der Waals surface area contributed by atoms with Crippen molar-refractivity contribution in [1.82, 2.24) is 4.90 Å². The van der Waals surface area contributed by atoms with E-state index in [9.17, 15) is 4.79 Å². The maximum absolute atomic E-state index is 11.6. The van der Waals surface area contributed by atoms with Crippen LogP contribution in [0.2, 0.25) is 0 Å². The average Bonchev–Trinajstić information content (AvgIpc) is 2.27. The van der Waals surface area contributed by atoms with Gasteiger partial charge in [-0.05, 0) is 24.9 Å². The molecule has 4 unspecified atom stereocenters. The van der Waals surface area contributed by atoms with Gasteiger partial charge >= 0.3 is 5.97 Å². The van der Waals surface area contributed by atoms with Gasteiger partial charge in [-0.15, -0.1) is 0 Å². The van der Waals surface area contributed by atoms with Crippen molar-refractivity contribution in [1.29, 1.82) is 0 Å². The predicted octanol–water partition coefficient (Wildman–Crippen LogP) is 1.77. The van der Waals surface area contributed by atoms with Crippen molar-refractivity contribution in [2.24, 2.45) is 17.8 Å². The van der Waals surface area contributed by atoms with E-state index in [1.165, 1.54) is 7.11 Å². The Bertz CT molecular complexity index is 226. The molecule has 3 nitrogen and oxygen atoms in total. The number of hydrogen-bond acceptors (Lipinski definition) is 3. The first kappa shape index (κ1) is 12.5. The Morgan fingerprint density at radius 3 is 2.13 bits per heavy atom. The van der Waals surface area contributed by atoms with Crippen molar-refractivity contribution in [3.63, 3.8) is 0 Å². The third-order valence-corrected chi connectivity index (χ3v) is 4.01. The van der Waals surface area contributed by atoms with Crippen LogP contribution in [0, 0.1) is 17.8 Å². The lowest BCUT2D eigenvalue weighted by Gasteiger charge is -2.52. The summed E-state index contributed by atoms with van der Waals surface area (Å²) in [6.07, 6.45) is 0. The molecule has 0 bridgehead atoms. The summed E-state index contributed by atoms with van der Waals surface area (Å²) in [5.41, 5.74) is 0. The van der Waals surface area contributed by atoms with E-state index in [0.29, 0.717) is 17.9 Å². The van der Waals surface area contributed by atoms with Gasteiger partial charge in [-0.3, -0.25) is 9.69 Å². The lowest BCUT2D eigenvalue weighted by atomic mass is 9.61. The SMILES string of the molecule is CCN(CC)C1C(C)C(C)C1C(=O)OC. The van der Waals surface area contributed by atoms with Gasteiger partial charge in [0.2, 0.25) is 0 Å². The molecule has 0 aromatic carbocycles. The fraction of sp³-hybridized carbons (Fsp3) is 0.917.